The third-order valence-electron chi connectivity index (χ3n) is 5.73. The van der Waals surface area contributed by atoms with Gasteiger partial charge >= 0.3 is 0 Å². The van der Waals surface area contributed by atoms with Gasteiger partial charge in [-0.3, -0.25) is 24.6 Å². The largest absolute Gasteiger partial charge is 0.489 e. The predicted octanol–water partition coefficient (Wildman–Crippen LogP) is 0.655. The van der Waals surface area contributed by atoms with Crippen molar-refractivity contribution in [2.75, 3.05) is 39.4 Å². The molecule has 0 saturated carbocycles. The second kappa shape index (κ2) is 10.6. The van der Waals surface area contributed by atoms with Crippen molar-refractivity contribution >= 4 is 17.7 Å². The number of benzene rings is 2. The van der Waals surface area contributed by atoms with Crippen LogP contribution < -0.4 is 15.8 Å². The molecule has 0 aliphatic carbocycles. The second-order valence-corrected chi connectivity index (χ2v) is 8.11. The number of nitrogens with two attached hydrogens (primary N) is 1. The van der Waals surface area contributed by atoms with Crippen molar-refractivity contribution in [3.8, 4) is 5.75 Å². The number of nitrogens with zero attached hydrogens (tertiary/aromatic N) is 2. The van der Waals surface area contributed by atoms with Crippen molar-refractivity contribution in [2.45, 2.75) is 19.7 Å². The fourth-order valence-corrected chi connectivity index (χ4v) is 3.98. The summed E-state index contributed by atoms with van der Waals surface area (Å²) < 4.78 is 11.4. The summed E-state index contributed by atoms with van der Waals surface area (Å²) in [6, 6.07) is 13.4. The van der Waals surface area contributed by atoms with E-state index in [1.54, 1.807) is 18.2 Å². The quantitative estimate of drug-likeness (QED) is 0.593. The molecule has 9 nitrogen and oxygen atoms in total. The number of carbonyl (C=O) groups excluding carboxylic acids is 3. The van der Waals surface area contributed by atoms with Crippen LogP contribution in [0.2, 0.25) is 0 Å². The molecule has 2 saturated heterocycles. The Morgan fingerprint density at radius 3 is 2.33 bits per heavy atom. The zero-order valence-corrected chi connectivity index (χ0v) is 18.4. The fourth-order valence-electron chi connectivity index (χ4n) is 3.98. The number of hydrogen-bond acceptors (Lipinski definition) is 7. The van der Waals surface area contributed by atoms with Crippen LogP contribution >= 0.6 is 0 Å². The maximum Gasteiger partial charge on any atom is 0.255 e. The van der Waals surface area contributed by atoms with Crippen LogP contribution in [0.3, 0.4) is 0 Å². The molecule has 0 unspecified atom stereocenters. The number of morpholine rings is 1. The van der Waals surface area contributed by atoms with Crippen LogP contribution in [0.15, 0.2) is 42.5 Å². The summed E-state index contributed by atoms with van der Waals surface area (Å²) in [5.74, 6) is -0.915. The monoisotopic (exact) mass is 452 g/mol. The van der Waals surface area contributed by atoms with Gasteiger partial charge in [0.25, 0.3) is 5.91 Å². The van der Waals surface area contributed by atoms with E-state index in [0.717, 1.165) is 38.4 Å². The highest BCUT2D eigenvalue weighted by atomic mass is 16.5. The molecular weight excluding hydrogens is 424 g/mol. The van der Waals surface area contributed by atoms with E-state index in [1.807, 2.05) is 12.1 Å². The first kappa shape index (κ1) is 22.9. The lowest BCUT2D eigenvalue weighted by Gasteiger charge is -2.26. The summed E-state index contributed by atoms with van der Waals surface area (Å²) in [5.41, 5.74) is 9.05. The third-order valence-corrected chi connectivity index (χ3v) is 5.73. The Kier molecular flexibility index (Phi) is 7.33. The first-order valence-corrected chi connectivity index (χ1v) is 11.0. The van der Waals surface area contributed by atoms with Crippen LogP contribution in [0.4, 0.5) is 0 Å². The fraction of sp³-hybridized carbons (Fsp3) is 0.375. The third kappa shape index (κ3) is 5.75. The Labute approximate surface area is 192 Å². The number of hydrogen-bond donors (Lipinski definition) is 2. The summed E-state index contributed by atoms with van der Waals surface area (Å²) in [4.78, 5) is 39.9. The van der Waals surface area contributed by atoms with Gasteiger partial charge in [-0.05, 0) is 23.3 Å². The average Bonchev–Trinajstić information content (AvgIpc) is 2.83. The lowest BCUT2D eigenvalue weighted by molar-refractivity contribution is -0.135. The minimum atomic E-state index is -0.502. The van der Waals surface area contributed by atoms with Crippen LogP contribution in [0.5, 0.6) is 5.75 Å². The summed E-state index contributed by atoms with van der Waals surface area (Å²) in [7, 11) is 0. The van der Waals surface area contributed by atoms with E-state index >= 15 is 0 Å². The van der Waals surface area contributed by atoms with Crippen molar-refractivity contribution < 1.29 is 23.9 Å². The molecule has 33 heavy (non-hydrogen) atoms. The van der Waals surface area contributed by atoms with Gasteiger partial charge in [0.15, 0.2) is 0 Å². The summed E-state index contributed by atoms with van der Waals surface area (Å²) in [6.45, 7) is 4.40. The molecule has 9 heteroatoms. The van der Waals surface area contributed by atoms with Crippen LogP contribution in [0.25, 0.3) is 0 Å². The van der Waals surface area contributed by atoms with E-state index in [2.05, 4.69) is 22.3 Å². The van der Waals surface area contributed by atoms with Crippen molar-refractivity contribution in [2.24, 2.45) is 5.73 Å². The maximum absolute atomic E-state index is 13.0. The van der Waals surface area contributed by atoms with Gasteiger partial charge in [0.2, 0.25) is 11.8 Å². The van der Waals surface area contributed by atoms with Crippen LogP contribution in [0, 0.1) is 0 Å². The van der Waals surface area contributed by atoms with Gasteiger partial charge in [0.05, 0.1) is 13.2 Å². The smallest absolute Gasteiger partial charge is 0.255 e. The summed E-state index contributed by atoms with van der Waals surface area (Å²) >= 11 is 0. The number of piperazine rings is 1. The Morgan fingerprint density at radius 2 is 1.67 bits per heavy atom. The van der Waals surface area contributed by atoms with E-state index < -0.39 is 17.7 Å². The second-order valence-electron chi connectivity index (χ2n) is 8.11. The summed E-state index contributed by atoms with van der Waals surface area (Å²) in [6.07, 6.45) is 0. The Hall–Kier alpha value is -3.27. The SMILES string of the molecule is NCc1c(OCc2ccc(CN3CCOCC3)cc2)cccc1C(=O)N1CC(=O)NC(=O)C1. The highest BCUT2D eigenvalue weighted by Gasteiger charge is 2.28. The standard InChI is InChI=1S/C24H28N4O5/c25-12-20-19(24(31)28-14-22(29)26-23(30)15-28)2-1-3-21(20)33-16-18-6-4-17(5-7-18)13-27-8-10-32-11-9-27/h1-7H,8-16,25H2,(H,26,29,30). The zero-order chi connectivity index (χ0) is 23.2. The molecule has 2 heterocycles. The van der Waals surface area contributed by atoms with E-state index in [-0.39, 0.29) is 19.6 Å². The number of rotatable bonds is 7. The highest BCUT2D eigenvalue weighted by molar-refractivity contribution is 6.06. The van der Waals surface area contributed by atoms with Crippen molar-refractivity contribution in [3.05, 3.63) is 64.7 Å². The zero-order valence-electron chi connectivity index (χ0n) is 18.4. The van der Waals surface area contributed by atoms with Gasteiger partial charge in [0, 0.05) is 37.3 Å². The van der Waals surface area contributed by atoms with Crippen molar-refractivity contribution in [1.29, 1.82) is 0 Å². The Morgan fingerprint density at radius 1 is 1.00 bits per heavy atom. The molecule has 0 radical (unpaired) electrons. The molecule has 2 aromatic carbocycles. The van der Waals surface area contributed by atoms with Crippen molar-refractivity contribution in [1.82, 2.24) is 15.1 Å². The normalized spacial score (nSPS) is 17.1. The molecule has 0 atom stereocenters. The molecule has 0 aromatic heterocycles. The first-order valence-electron chi connectivity index (χ1n) is 11.0. The number of nitrogens with one attached hydrogen (secondary N) is 1. The molecule has 0 bridgehead atoms. The first-order chi connectivity index (χ1) is 16.0. The molecule has 2 aliphatic heterocycles. The summed E-state index contributed by atoms with van der Waals surface area (Å²) in [5, 5.41) is 2.19. The molecule has 174 valence electrons. The van der Waals surface area contributed by atoms with Gasteiger partial charge in [-0.25, -0.2) is 0 Å². The van der Waals surface area contributed by atoms with Gasteiger partial charge in [-0.2, -0.15) is 0 Å². The lowest BCUT2D eigenvalue weighted by atomic mass is 10.0. The van der Waals surface area contributed by atoms with Gasteiger partial charge < -0.3 is 20.1 Å². The minimum Gasteiger partial charge on any atom is -0.489 e. The van der Waals surface area contributed by atoms with E-state index in [4.69, 9.17) is 15.2 Å². The van der Waals surface area contributed by atoms with E-state index in [9.17, 15) is 14.4 Å². The average molecular weight is 453 g/mol. The van der Waals surface area contributed by atoms with E-state index in [1.165, 1.54) is 10.5 Å². The molecule has 3 N–H and O–H groups in total. The minimum absolute atomic E-state index is 0.0870. The predicted molar refractivity (Wildman–Crippen MR) is 120 cm³/mol. The Balaban J connectivity index is 1.41. The molecule has 4 rings (SSSR count). The lowest BCUT2D eigenvalue weighted by Crippen LogP contribution is -2.53. The number of amides is 3. The number of carbonyl (C=O) groups is 3. The van der Waals surface area contributed by atoms with Crippen LogP contribution in [0.1, 0.15) is 27.0 Å². The maximum atomic E-state index is 13.0. The van der Waals surface area contributed by atoms with Gasteiger partial charge in [-0.15, -0.1) is 0 Å². The Bertz CT molecular complexity index is 1000. The van der Waals surface area contributed by atoms with Gasteiger partial charge in [0.1, 0.15) is 25.4 Å². The molecule has 2 fully saturated rings. The number of ether oxygens (including phenoxy) is 2. The molecule has 2 aliphatic rings. The molecule has 3 amide bonds. The molecule has 2 aromatic rings. The van der Waals surface area contributed by atoms with Gasteiger partial charge in [-0.1, -0.05) is 30.3 Å². The van der Waals surface area contributed by atoms with E-state index in [0.29, 0.717) is 23.5 Å². The molecule has 0 spiro atoms. The highest BCUT2D eigenvalue weighted by Crippen LogP contribution is 2.25. The molecular formula is C24H28N4O5. The topological polar surface area (TPSA) is 114 Å². The van der Waals surface area contributed by atoms with Crippen molar-refractivity contribution in [3.63, 3.8) is 0 Å². The number of imide groups is 1. The van der Waals surface area contributed by atoms with Crippen LogP contribution in [-0.2, 0) is 34.0 Å². The van der Waals surface area contributed by atoms with Crippen LogP contribution in [-0.4, -0.2) is 66.9 Å².